The first-order valence-corrected chi connectivity index (χ1v) is 9.88. The van der Waals surface area contributed by atoms with Crippen molar-refractivity contribution in [2.45, 2.75) is 59.6 Å². The molecule has 0 bridgehead atoms. The lowest BCUT2D eigenvalue weighted by Crippen LogP contribution is -2.55. The Morgan fingerprint density at radius 2 is 1.75 bits per heavy atom. The molecule has 8 heteroatoms. The molecule has 0 aliphatic carbocycles. The number of nitrogens with one attached hydrogen (secondary N) is 1. The van der Waals surface area contributed by atoms with E-state index in [9.17, 15) is 14.7 Å². The largest absolute Gasteiger partial charge is 0.444 e. The van der Waals surface area contributed by atoms with E-state index in [1.54, 1.807) is 39.0 Å². The number of amides is 2. The van der Waals surface area contributed by atoms with Crippen molar-refractivity contribution in [3.8, 4) is 0 Å². The van der Waals surface area contributed by atoms with E-state index in [0.717, 1.165) is 0 Å². The van der Waals surface area contributed by atoms with Gasteiger partial charge < -0.3 is 15.2 Å². The number of ether oxygens (including phenoxy) is 1. The van der Waals surface area contributed by atoms with Crippen LogP contribution in [0, 0.1) is 5.41 Å². The van der Waals surface area contributed by atoms with Crippen LogP contribution in [-0.4, -0.2) is 46.8 Å². The number of benzene rings is 1. The number of hydrogen-bond acceptors (Lipinski definition) is 4. The van der Waals surface area contributed by atoms with Gasteiger partial charge in [0.05, 0.1) is 10.0 Å². The Morgan fingerprint density at radius 1 is 1.14 bits per heavy atom. The molecule has 0 heterocycles. The summed E-state index contributed by atoms with van der Waals surface area (Å²) in [6.45, 7) is 10.9. The molecule has 0 aromatic heterocycles. The van der Waals surface area contributed by atoms with Gasteiger partial charge in [0.15, 0.2) is 0 Å². The van der Waals surface area contributed by atoms with Crippen LogP contribution in [0.3, 0.4) is 0 Å². The molecule has 1 aromatic carbocycles. The zero-order chi connectivity index (χ0) is 21.7. The van der Waals surface area contributed by atoms with Crippen molar-refractivity contribution in [3.63, 3.8) is 0 Å². The lowest BCUT2D eigenvalue weighted by Gasteiger charge is -2.39. The highest BCUT2D eigenvalue weighted by molar-refractivity contribution is 6.42. The standard InChI is InChI=1S/C20H30Cl2N2O4/c1-19(2,3)16(17(26)23-13-8-9-14(21)15(22)12-13)24(10-7-11-25)18(27)28-20(4,5)6/h8-9,12,16,25H,7,10-11H2,1-6H3,(H,23,26). The summed E-state index contributed by atoms with van der Waals surface area (Å²) >= 11 is 12.0. The summed E-state index contributed by atoms with van der Waals surface area (Å²) in [6, 6.07) is 3.94. The summed E-state index contributed by atoms with van der Waals surface area (Å²) in [5.41, 5.74) is -0.830. The first kappa shape index (κ1) is 24.5. The molecule has 0 fully saturated rings. The molecule has 158 valence electrons. The van der Waals surface area contributed by atoms with Crippen LogP contribution in [0.4, 0.5) is 10.5 Å². The number of carbonyl (C=O) groups excluding carboxylic acids is 2. The van der Waals surface area contributed by atoms with Crippen LogP contribution in [0.5, 0.6) is 0 Å². The number of hydrogen-bond donors (Lipinski definition) is 2. The lowest BCUT2D eigenvalue weighted by atomic mass is 9.85. The fraction of sp³-hybridized carbons (Fsp3) is 0.600. The average molecular weight is 433 g/mol. The van der Waals surface area contributed by atoms with Gasteiger partial charge in [-0.1, -0.05) is 44.0 Å². The van der Waals surface area contributed by atoms with E-state index < -0.39 is 23.2 Å². The van der Waals surface area contributed by atoms with E-state index in [1.807, 2.05) is 20.8 Å². The molecule has 0 saturated carbocycles. The third-order valence-corrected chi connectivity index (χ3v) is 4.49. The van der Waals surface area contributed by atoms with Crippen LogP contribution in [0.15, 0.2) is 18.2 Å². The van der Waals surface area contributed by atoms with Crippen LogP contribution < -0.4 is 5.32 Å². The van der Waals surface area contributed by atoms with Crippen molar-refractivity contribution < 1.29 is 19.4 Å². The van der Waals surface area contributed by atoms with Crippen molar-refractivity contribution in [1.29, 1.82) is 0 Å². The van der Waals surface area contributed by atoms with Crippen molar-refractivity contribution in [3.05, 3.63) is 28.2 Å². The molecule has 1 rings (SSSR count). The Balaban J connectivity index is 3.20. The maximum atomic E-state index is 13.1. The van der Waals surface area contributed by atoms with Crippen molar-refractivity contribution in [1.82, 2.24) is 4.90 Å². The zero-order valence-corrected chi connectivity index (χ0v) is 18.8. The van der Waals surface area contributed by atoms with Gasteiger partial charge in [-0.15, -0.1) is 0 Å². The summed E-state index contributed by atoms with van der Waals surface area (Å²) in [7, 11) is 0. The topological polar surface area (TPSA) is 78.9 Å². The minimum absolute atomic E-state index is 0.107. The van der Waals surface area contributed by atoms with Crippen LogP contribution >= 0.6 is 23.2 Å². The van der Waals surface area contributed by atoms with Gasteiger partial charge in [0.2, 0.25) is 5.91 Å². The predicted octanol–water partition coefficient (Wildman–Crippen LogP) is 4.97. The molecule has 1 atom stereocenters. The predicted molar refractivity (Wildman–Crippen MR) is 113 cm³/mol. The van der Waals surface area contributed by atoms with Crippen LogP contribution in [0.2, 0.25) is 10.0 Å². The second-order valence-electron chi connectivity index (χ2n) is 8.64. The summed E-state index contributed by atoms with van der Waals surface area (Å²) in [5.74, 6) is -0.380. The molecule has 2 N–H and O–H groups in total. The van der Waals surface area contributed by atoms with Gasteiger partial charge in [-0.05, 0) is 50.8 Å². The number of carbonyl (C=O) groups is 2. The SMILES string of the molecule is CC(C)(C)OC(=O)N(CCCO)C(C(=O)Nc1ccc(Cl)c(Cl)c1)C(C)(C)C. The van der Waals surface area contributed by atoms with Gasteiger partial charge >= 0.3 is 6.09 Å². The number of rotatable bonds is 6. The molecule has 0 aliphatic rings. The fourth-order valence-electron chi connectivity index (χ4n) is 2.67. The highest BCUT2D eigenvalue weighted by Crippen LogP contribution is 2.29. The Labute approximate surface area is 177 Å². The third-order valence-electron chi connectivity index (χ3n) is 3.75. The first-order chi connectivity index (χ1) is 12.8. The Kier molecular flexibility index (Phi) is 8.60. The second-order valence-corrected chi connectivity index (χ2v) is 9.45. The Hall–Kier alpha value is -1.50. The van der Waals surface area contributed by atoms with E-state index in [2.05, 4.69) is 5.32 Å². The highest BCUT2D eigenvalue weighted by atomic mass is 35.5. The maximum Gasteiger partial charge on any atom is 0.410 e. The van der Waals surface area contributed by atoms with Crippen molar-refractivity contribution in [2.24, 2.45) is 5.41 Å². The molecular formula is C20H30Cl2N2O4. The van der Waals surface area contributed by atoms with Crippen LogP contribution in [0.25, 0.3) is 0 Å². The number of anilines is 1. The molecule has 0 spiro atoms. The quantitative estimate of drug-likeness (QED) is 0.664. The molecule has 28 heavy (non-hydrogen) atoms. The first-order valence-electron chi connectivity index (χ1n) is 9.12. The zero-order valence-electron chi connectivity index (χ0n) is 17.3. The summed E-state index contributed by atoms with van der Waals surface area (Å²) < 4.78 is 5.50. The Morgan fingerprint density at radius 3 is 2.21 bits per heavy atom. The minimum Gasteiger partial charge on any atom is -0.444 e. The smallest absolute Gasteiger partial charge is 0.410 e. The third kappa shape index (κ3) is 7.49. The molecule has 2 amide bonds. The van der Waals surface area contributed by atoms with E-state index >= 15 is 0 Å². The van der Waals surface area contributed by atoms with E-state index in [-0.39, 0.29) is 19.1 Å². The summed E-state index contributed by atoms with van der Waals surface area (Å²) in [6.07, 6.45) is -0.281. The minimum atomic E-state index is -0.830. The van der Waals surface area contributed by atoms with Crippen molar-refractivity contribution in [2.75, 3.05) is 18.5 Å². The lowest BCUT2D eigenvalue weighted by molar-refractivity contribution is -0.125. The molecular weight excluding hydrogens is 403 g/mol. The van der Waals surface area contributed by atoms with Gasteiger partial charge in [-0.25, -0.2) is 4.79 Å². The molecule has 1 aromatic rings. The Bertz CT molecular complexity index is 696. The molecule has 1 unspecified atom stereocenters. The van der Waals surface area contributed by atoms with E-state index in [0.29, 0.717) is 22.2 Å². The fourth-order valence-corrected chi connectivity index (χ4v) is 2.97. The normalized spacial score (nSPS) is 13.0. The highest BCUT2D eigenvalue weighted by Gasteiger charge is 2.40. The number of aliphatic hydroxyl groups is 1. The number of nitrogens with zero attached hydrogens (tertiary/aromatic N) is 1. The van der Waals surface area contributed by atoms with E-state index in [4.69, 9.17) is 27.9 Å². The van der Waals surface area contributed by atoms with Gasteiger partial charge in [0.1, 0.15) is 11.6 Å². The molecule has 6 nitrogen and oxygen atoms in total. The maximum absolute atomic E-state index is 13.1. The van der Waals surface area contributed by atoms with Gasteiger partial charge in [-0.3, -0.25) is 9.69 Å². The van der Waals surface area contributed by atoms with Crippen LogP contribution in [0.1, 0.15) is 48.0 Å². The van der Waals surface area contributed by atoms with Gasteiger partial charge in [0.25, 0.3) is 0 Å². The summed E-state index contributed by atoms with van der Waals surface area (Å²) in [5, 5.41) is 12.7. The molecule has 0 aliphatic heterocycles. The van der Waals surface area contributed by atoms with E-state index in [1.165, 1.54) is 4.90 Å². The summed E-state index contributed by atoms with van der Waals surface area (Å²) in [4.78, 5) is 27.3. The van der Waals surface area contributed by atoms with Crippen LogP contribution in [-0.2, 0) is 9.53 Å². The van der Waals surface area contributed by atoms with Gasteiger partial charge in [-0.2, -0.15) is 0 Å². The molecule has 0 radical (unpaired) electrons. The average Bonchev–Trinajstić information content (AvgIpc) is 2.51. The van der Waals surface area contributed by atoms with Crippen molar-refractivity contribution >= 4 is 40.9 Å². The second kappa shape index (κ2) is 9.81. The molecule has 0 saturated heterocycles. The van der Waals surface area contributed by atoms with Gasteiger partial charge in [0, 0.05) is 18.8 Å². The number of aliphatic hydroxyl groups excluding tert-OH is 1. The number of halogens is 2. The monoisotopic (exact) mass is 432 g/mol.